The van der Waals surface area contributed by atoms with Gasteiger partial charge in [0.1, 0.15) is 11.5 Å². The summed E-state index contributed by atoms with van der Waals surface area (Å²) in [6, 6.07) is 3.54. The maximum Gasteiger partial charge on any atom is 0.393 e. The fraction of sp³-hybridized carbons (Fsp3) is 0.467. The fourth-order valence-electron chi connectivity index (χ4n) is 2.63. The van der Waals surface area contributed by atoms with Crippen molar-refractivity contribution in [3.63, 3.8) is 0 Å². The first-order valence-corrected chi connectivity index (χ1v) is 8.11. The summed E-state index contributed by atoms with van der Waals surface area (Å²) in [6.45, 7) is 1.83. The molecule has 3 rings (SSSR count). The molecule has 0 saturated carbocycles. The van der Waals surface area contributed by atoms with Crippen LogP contribution in [0.2, 0.25) is 0 Å². The van der Waals surface area contributed by atoms with Crippen LogP contribution in [0.4, 0.5) is 13.2 Å². The second-order valence-corrected chi connectivity index (χ2v) is 6.44. The number of furan rings is 1. The lowest BCUT2D eigenvalue weighted by Gasteiger charge is -2.33. The molecule has 0 aliphatic carbocycles. The largest absolute Gasteiger partial charge is 0.459 e. The summed E-state index contributed by atoms with van der Waals surface area (Å²) >= 11 is 1.24. The molecule has 2 aromatic heterocycles. The van der Waals surface area contributed by atoms with Crippen LogP contribution >= 0.6 is 11.3 Å². The average Bonchev–Trinajstić information content (AvgIpc) is 3.14. The number of alkyl halides is 3. The molecular formula is C15H15F3N2O2S. The highest BCUT2D eigenvalue weighted by Crippen LogP contribution is 2.34. The van der Waals surface area contributed by atoms with Crippen molar-refractivity contribution < 1.29 is 22.4 Å². The molecule has 1 saturated heterocycles. The normalized spacial score (nSPS) is 19.1. The number of hydrogen-bond acceptors (Lipinski definition) is 4. The zero-order valence-corrected chi connectivity index (χ0v) is 13.2. The third-order valence-electron chi connectivity index (χ3n) is 3.85. The predicted molar refractivity (Wildman–Crippen MR) is 79.2 cm³/mol. The van der Waals surface area contributed by atoms with E-state index in [-0.39, 0.29) is 18.7 Å². The number of nitrogens with zero attached hydrogens (tertiary/aromatic N) is 2. The van der Waals surface area contributed by atoms with Crippen LogP contribution in [-0.4, -0.2) is 35.1 Å². The Morgan fingerprint density at radius 2 is 2.22 bits per heavy atom. The molecule has 0 spiro atoms. The van der Waals surface area contributed by atoms with Crippen molar-refractivity contribution in [3.8, 4) is 10.8 Å². The summed E-state index contributed by atoms with van der Waals surface area (Å²) < 4.78 is 44.0. The highest BCUT2D eigenvalue weighted by molar-refractivity contribution is 7.13. The zero-order valence-electron chi connectivity index (χ0n) is 12.4. The Kier molecular flexibility index (Phi) is 4.18. The Bertz CT molecular complexity index is 708. The summed E-state index contributed by atoms with van der Waals surface area (Å²) in [4.78, 5) is 17.8. The van der Waals surface area contributed by atoms with E-state index < -0.39 is 18.0 Å². The molecule has 3 heterocycles. The molecule has 0 aromatic carbocycles. The van der Waals surface area contributed by atoms with Gasteiger partial charge in [-0.15, -0.1) is 11.3 Å². The number of carbonyl (C=O) groups excluding carboxylic acids is 1. The van der Waals surface area contributed by atoms with Gasteiger partial charge in [0, 0.05) is 18.5 Å². The summed E-state index contributed by atoms with van der Waals surface area (Å²) in [7, 11) is 0. The molecule has 4 nitrogen and oxygen atoms in total. The number of likely N-dealkylation sites (tertiary alicyclic amines) is 1. The van der Waals surface area contributed by atoms with Crippen LogP contribution in [0.15, 0.2) is 21.9 Å². The molecule has 1 aliphatic rings. The molecule has 0 bridgehead atoms. The number of thiazole rings is 1. The molecule has 124 valence electrons. The van der Waals surface area contributed by atoms with Crippen LogP contribution in [0.3, 0.4) is 0 Å². The molecule has 0 N–H and O–H groups in total. The van der Waals surface area contributed by atoms with Crippen molar-refractivity contribution in [1.29, 1.82) is 0 Å². The van der Waals surface area contributed by atoms with Crippen LogP contribution in [0.5, 0.6) is 0 Å². The number of rotatable bonds is 2. The molecule has 0 radical (unpaired) electrons. The Balaban J connectivity index is 1.74. The maximum atomic E-state index is 12.8. The van der Waals surface area contributed by atoms with E-state index in [2.05, 4.69) is 4.98 Å². The summed E-state index contributed by atoms with van der Waals surface area (Å²) in [5.74, 6) is -0.624. The molecule has 1 fully saturated rings. The SMILES string of the molecule is Cc1ccc(-c2nc(C(=O)N3CCC[C@H](C(F)(F)F)C3)cs2)o1. The summed E-state index contributed by atoms with van der Waals surface area (Å²) in [5, 5.41) is 2.11. The monoisotopic (exact) mass is 344 g/mol. The van der Waals surface area contributed by atoms with Gasteiger partial charge in [-0.3, -0.25) is 4.79 Å². The minimum atomic E-state index is -4.27. The molecule has 1 atom stereocenters. The highest BCUT2D eigenvalue weighted by atomic mass is 32.1. The van der Waals surface area contributed by atoms with E-state index in [9.17, 15) is 18.0 Å². The quantitative estimate of drug-likeness (QED) is 0.823. The number of hydrogen-bond donors (Lipinski definition) is 0. The fourth-order valence-corrected chi connectivity index (χ4v) is 3.38. The molecule has 23 heavy (non-hydrogen) atoms. The number of amides is 1. The third-order valence-corrected chi connectivity index (χ3v) is 4.70. The van der Waals surface area contributed by atoms with Crippen molar-refractivity contribution in [2.24, 2.45) is 5.92 Å². The lowest BCUT2D eigenvalue weighted by atomic mass is 9.97. The van der Waals surface area contributed by atoms with Gasteiger partial charge in [-0.05, 0) is 31.9 Å². The molecule has 1 amide bonds. The average molecular weight is 344 g/mol. The first kappa shape index (κ1) is 16.0. The van der Waals surface area contributed by atoms with Gasteiger partial charge in [0.05, 0.1) is 5.92 Å². The van der Waals surface area contributed by atoms with Crippen molar-refractivity contribution in [1.82, 2.24) is 9.88 Å². The maximum absolute atomic E-state index is 12.8. The minimum absolute atomic E-state index is 0.0707. The second kappa shape index (κ2) is 5.99. The van der Waals surface area contributed by atoms with Gasteiger partial charge < -0.3 is 9.32 Å². The number of aryl methyl sites for hydroxylation is 1. The standard InChI is InChI=1S/C15H15F3N2O2S/c1-9-4-5-12(22-9)13-19-11(8-23-13)14(21)20-6-2-3-10(7-20)15(16,17)18/h4-5,8,10H,2-3,6-7H2,1H3/t10-/m0/s1. The van der Waals surface area contributed by atoms with Gasteiger partial charge >= 0.3 is 6.18 Å². The van der Waals surface area contributed by atoms with Gasteiger partial charge in [0.2, 0.25) is 0 Å². The smallest absolute Gasteiger partial charge is 0.393 e. The van der Waals surface area contributed by atoms with Gasteiger partial charge in [0.25, 0.3) is 5.91 Å². The van der Waals surface area contributed by atoms with Crippen molar-refractivity contribution in [3.05, 3.63) is 29.0 Å². The first-order chi connectivity index (χ1) is 10.8. The van der Waals surface area contributed by atoms with Gasteiger partial charge in [-0.2, -0.15) is 13.2 Å². The minimum Gasteiger partial charge on any atom is -0.459 e. The summed E-state index contributed by atoms with van der Waals surface area (Å²) in [6.07, 6.45) is -3.84. The van der Waals surface area contributed by atoms with Crippen LogP contribution in [0, 0.1) is 12.8 Å². The Morgan fingerprint density at radius 1 is 1.43 bits per heavy atom. The van der Waals surface area contributed by atoms with Crippen LogP contribution < -0.4 is 0 Å². The van der Waals surface area contributed by atoms with Crippen LogP contribution in [0.1, 0.15) is 29.1 Å². The number of carbonyl (C=O) groups is 1. The van der Waals surface area contributed by atoms with E-state index in [4.69, 9.17) is 4.42 Å². The number of piperidine rings is 1. The van der Waals surface area contributed by atoms with E-state index in [1.165, 1.54) is 16.2 Å². The zero-order chi connectivity index (χ0) is 16.6. The van der Waals surface area contributed by atoms with E-state index in [0.717, 1.165) is 5.76 Å². The predicted octanol–water partition coefficient (Wildman–Crippen LogP) is 4.13. The topological polar surface area (TPSA) is 46.3 Å². The molecule has 0 unspecified atom stereocenters. The Labute approximate surface area is 134 Å². The van der Waals surface area contributed by atoms with Crippen molar-refractivity contribution in [2.75, 3.05) is 13.1 Å². The Hall–Kier alpha value is -1.83. The van der Waals surface area contributed by atoms with Gasteiger partial charge in [-0.25, -0.2) is 4.98 Å². The molecular weight excluding hydrogens is 329 g/mol. The number of halogens is 3. The van der Waals surface area contributed by atoms with Crippen LogP contribution in [-0.2, 0) is 0 Å². The summed E-state index contributed by atoms with van der Waals surface area (Å²) in [5.41, 5.74) is 0.168. The van der Waals surface area contributed by atoms with E-state index >= 15 is 0 Å². The van der Waals surface area contributed by atoms with Crippen molar-refractivity contribution in [2.45, 2.75) is 25.9 Å². The lowest BCUT2D eigenvalue weighted by Crippen LogP contribution is -2.44. The van der Waals surface area contributed by atoms with E-state index in [1.807, 2.05) is 0 Å². The highest BCUT2D eigenvalue weighted by Gasteiger charge is 2.43. The van der Waals surface area contributed by atoms with E-state index in [0.29, 0.717) is 23.7 Å². The van der Waals surface area contributed by atoms with Gasteiger partial charge in [0.15, 0.2) is 10.8 Å². The van der Waals surface area contributed by atoms with Gasteiger partial charge in [-0.1, -0.05) is 0 Å². The van der Waals surface area contributed by atoms with Crippen molar-refractivity contribution >= 4 is 17.2 Å². The first-order valence-electron chi connectivity index (χ1n) is 7.23. The molecule has 8 heteroatoms. The number of aromatic nitrogens is 1. The van der Waals surface area contributed by atoms with E-state index in [1.54, 1.807) is 24.4 Å². The third kappa shape index (κ3) is 3.41. The Morgan fingerprint density at radius 3 is 2.87 bits per heavy atom. The second-order valence-electron chi connectivity index (χ2n) is 5.58. The van der Waals surface area contributed by atoms with Crippen LogP contribution in [0.25, 0.3) is 10.8 Å². The molecule has 2 aromatic rings. The molecule has 1 aliphatic heterocycles. The lowest BCUT2D eigenvalue weighted by molar-refractivity contribution is -0.184.